The van der Waals surface area contributed by atoms with Crippen molar-refractivity contribution in [1.82, 2.24) is 19.4 Å². The normalized spacial score (nSPS) is 14.8. The van der Waals surface area contributed by atoms with Gasteiger partial charge in [0.05, 0.1) is 22.9 Å². The number of anilines is 1. The Bertz CT molecular complexity index is 955. The lowest BCUT2D eigenvalue weighted by Gasteiger charge is -2.36. The van der Waals surface area contributed by atoms with Crippen molar-refractivity contribution in [1.29, 1.82) is 0 Å². The van der Waals surface area contributed by atoms with Crippen LogP contribution in [-0.4, -0.2) is 51.5 Å². The number of pyridine rings is 1. The summed E-state index contributed by atoms with van der Waals surface area (Å²) in [6.07, 6.45) is 3.94. The summed E-state index contributed by atoms with van der Waals surface area (Å²) in [7, 11) is 0. The molecule has 0 radical (unpaired) electrons. The van der Waals surface area contributed by atoms with Crippen molar-refractivity contribution in [3.63, 3.8) is 0 Å². The molecular formula is C19H21N5O2. The van der Waals surface area contributed by atoms with E-state index in [0.29, 0.717) is 26.1 Å². The van der Waals surface area contributed by atoms with E-state index in [1.165, 1.54) is 0 Å². The third-order valence-electron chi connectivity index (χ3n) is 4.87. The number of hydrogen-bond donors (Lipinski definition) is 1. The first kappa shape index (κ1) is 16.4. The van der Waals surface area contributed by atoms with Crippen LogP contribution in [-0.2, 0) is 11.3 Å². The van der Waals surface area contributed by atoms with E-state index < -0.39 is 0 Å². The Labute approximate surface area is 150 Å². The fourth-order valence-electron chi connectivity index (χ4n) is 3.45. The van der Waals surface area contributed by atoms with E-state index in [0.717, 1.165) is 29.8 Å². The van der Waals surface area contributed by atoms with Gasteiger partial charge < -0.3 is 14.8 Å². The van der Waals surface area contributed by atoms with E-state index in [1.807, 2.05) is 47.5 Å². The highest BCUT2D eigenvalue weighted by Gasteiger charge is 2.21. The van der Waals surface area contributed by atoms with Crippen LogP contribution in [0.2, 0.25) is 0 Å². The molecule has 0 bridgehead atoms. The van der Waals surface area contributed by atoms with E-state index in [1.54, 1.807) is 10.8 Å². The molecule has 134 valence electrons. The van der Waals surface area contributed by atoms with E-state index in [9.17, 15) is 9.59 Å². The summed E-state index contributed by atoms with van der Waals surface area (Å²) >= 11 is 0. The molecular weight excluding hydrogens is 330 g/mol. The zero-order chi connectivity index (χ0) is 17.9. The summed E-state index contributed by atoms with van der Waals surface area (Å²) < 4.78 is 1.64. The predicted octanol–water partition coefficient (Wildman–Crippen LogP) is 1.46. The number of piperazine rings is 1. The van der Waals surface area contributed by atoms with Gasteiger partial charge in [-0.15, -0.1) is 0 Å². The molecule has 2 aromatic heterocycles. The first-order chi connectivity index (χ1) is 12.7. The van der Waals surface area contributed by atoms with E-state index >= 15 is 0 Å². The molecule has 1 saturated heterocycles. The first-order valence-electron chi connectivity index (χ1n) is 8.83. The number of fused-ring (bicyclic) bond motifs is 1. The highest BCUT2D eigenvalue weighted by atomic mass is 16.2. The summed E-state index contributed by atoms with van der Waals surface area (Å²) in [4.78, 5) is 35.7. The molecule has 1 fully saturated rings. The van der Waals surface area contributed by atoms with Crippen molar-refractivity contribution in [3.05, 3.63) is 59.3 Å². The average molecular weight is 351 g/mol. The van der Waals surface area contributed by atoms with Crippen LogP contribution in [0.4, 0.5) is 5.69 Å². The SMILES string of the molecule is O=C(CCn1c(=O)[nH]c2ccccc21)N1CCN(c2cccnc2)CC1. The Hall–Kier alpha value is -3.09. The van der Waals surface area contributed by atoms with Crippen LogP contribution in [0.5, 0.6) is 0 Å². The number of aromatic amines is 1. The molecule has 0 spiro atoms. The van der Waals surface area contributed by atoms with E-state index in [2.05, 4.69) is 14.9 Å². The van der Waals surface area contributed by atoms with Gasteiger partial charge in [0.15, 0.2) is 0 Å². The number of rotatable bonds is 4. The van der Waals surface area contributed by atoms with Crippen LogP contribution in [0.1, 0.15) is 6.42 Å². The summed E-state index contributed by atoms with van der Waals surface area (Å²) in [5.74, 6) is 0.0908. The molecule has 1 aliphatic heterocycles. The maximum atomic E-state index is 12.6. The van der Waals surface area contributed by atoms with Gasteiger partial charge in [-0.3, -0.25) is 14.3 Å². The third kappa shape index (κ3) is 3.20. The summed E-state index contributed by atoms with van der Waals surface area (Å²) in [6.45, 7) is 3.37. The quantitative estimate of drug-likeness (QED) is 0.772. The third-order valence-corrected chi connectivity index (χ3v) is 4.87. The minimum atomic E-state index is -0.166. The number of aryl methyl sites for hydroxylation is 1. The number of para-hydroxylation sites is 2. The second-order valence-electron chi connectivity index (χ2n) is 6.43. The van der Waals surface area contributed by atoms with Gasteiger partial charge in [-0.2, -0.15) is 0 Å². The van der Waals surface area contributed by atoms with Crippen LogP contribution in [0.25, 0.3) is 11.0 Å². The van der Waals surface area contributed by atoms with E-state index in [4.69, 9.17) is 0 Å². The monoisotopic (exact) mass is 351 g/mol. The first-order valence-corrected chi connectivity index (χ1v) is 8.83. The molecule has 1 aromatic carbocycles. The molecule has 0 atom stereocenters. The van der Waals surface area contributed by atoms with Crippen LogP contribution in [0.15, 0.2) is 53.6 Å². The van der Waals surface area contributed by atoms with Gasteiger partial charge in [0.1, 0.15) is 0 Å². The Morgan fingerprint density at radius 3 is 2.65 bits per heavy atom. The lowest BCUT2D eigenvalue weighted by molar-refractivity contribution is -0.131. The number of aromatic nitrogens is 3. The number of carbonyl (C=O) groups excluding carboxylic acids is 1. The van der Waals surface area contributed by atoms with Gasteiger partial charge in [-0.05, 0) is 24.3 Å². The second-order valence-corrected chi connectivity index (χ2v) is 6.43. The highest BCUT2D eigenvalue weighted by molar-refractivity contribution is 5.78. The number of benzene rings is 1. The molecule has 0 unspecified atom stereocenters. The van der Waals surface area contributed by atoms with Gasteiger partial charge in [-0.1, -0.05) is 12.1 Å². The average Bonchev–Trinajstić information content (AvgIpc) is 3.02. The zero-order valence-electron chi connectivity index (χ0n) is 14.5. The number of carbonyl (C=O) groups is 1. The van der Waals surface area contributed by atoms with Crippen LogP contribution >= 0.6 is 0 Å². The van der Waals surface area contributed by atoms with Crippen LogP contribution in [0, 0.1) is 0 Å². The second kappa shape index (κ2) is 7.03. The molecule has 3 heterocycles. The number of nitrogens with zero attached hydrogens (tertiary/aromatic N) is 4. The zero-order valence-corrected chi connectivity index (χ0v) is 14.5. The van der Waals surface area contributed by atoms with Crippen LogP contribution in [0.3, 0.4) is 0 Å². The highest BCUT2D eigenvalue weighted by Crippen LogP contribution is 2.15. The molecule has 0 aliphatic carbocycles. The molecule has 3 aromatic rings. The molecule has 7 heteroatoms. The summed E-state index contributed by atoms with van der Waals surface area (Å²) in [5, 5.41) is 0. The smallest absolute Gasteiger partial charge is 0.326 e. The van der Waals surface area contributed by atoms with Crippen LogP contribution < -0.4 is 10.6 Å². The van der Waals surface area contributed by atoms with Crippen molar-refractivity contribution in [2.24, 2.45) is 0 Å². The lowest BCUT2D eigenvalue weighted by atomic mass is 10.2. The maximum absolute atomic E-state index is 12.6. The number of imidazole rings is 1. The van der Waals surface area contributed by atoms with E-state index in [-0.39, 0.29) is 11.6 Å². The summed E-state index contributed by atoms with van der Waals surface area (Å²) in [6, 6.07) is 11.5. The van der Waals surface area contributed by atoms with Crippen molar-refractivity contribution in [3.8, 4) is 0 Å². The molecule has 4 rings (SSSR count). The van der Waals surface area contributed by atoms with Crippen molar-refractivity contribution in [2.45, 2.75) is 13.0 Å². The molecule has 1 N–H and O–H groups in total. The number of nitrogens with one attached hydrogen (secondary N) is 1. The fraction of sp³-hybridized carbons (Fsp3) is 0.316. The fourth-order valence-corrected chi connectivity index (χ4v) is 3.45. The minimum Gasteiger partial charge on any atom is -0.367 e. The van der Waals surface area contributed by atoms with Crippen molar-refractivity contribution < 1.29 is 4.79 Å². The number of H-pyrrole nitrogens is 1. The standard InChI is InChI=1S/C19H21N5O2/c25-18(7-9-24-17-6-2-1-5-16(17)21-19(24)26)23-12-10-22(11-13-23)15-4-3-8-20-14-15/h1-6,8,14H,7,9-13H2,(H,21,26). The number of hydrogen-bond acceptors (Lipinski definition) is 4. The van der Waals surface area contributed by atoms with Gasteiger partial charge in [-0.25, -0.2) is 4.79 Å². The van der Waals surface area contributed by atoms with Crippen molar-refractivity contribution >= 4 is 22.6 Å². The molecule has 1 aliphatic rings. The molecule has 7 nitrogen and oxygen atoms in total. The summed E-state index contributed by atoms with van der Waals surface area (Å²) in [5.41, 5.74) is 2.56. The lowest BCUT2D eigenvalue weighted by Crippen LogP contribution is -2.49. The van der Waals surface area contributed by atoms with Gasteiger partial charge in [0.2, 0.25) is 5.91 Å². The Morgan fingerprint density at radius 1 is 1.08 bits per heavy atom. The van der Waals surface area contributed by atoms with Gasteiger partial charge in [0, 0.05) is 45.3 Å². The molecule has 26 heavy (non-hydrogen) atoms. The largest absolute Gasteiger partial charge is 0.367 e. The predicted molar refractivity (Wildman–Crippen MR) is 100 cm³/mol. The Morgan fingerprint density at radius 2 is 1.88 bits per heavy atom. The number of amides is 1. The van der Waals surface area contributed by atoms with Gasteiger partial charge in [0.25, 0.3) is 0 Å². The minimum absolute atomic E-state index is 0.0908. The maximum Gasteiger partial charge on any atom is 0.326 e. The van der Waals surface area contributed by atoms with Crippen molar-refractivity contribution in [2.75, 3.05) is 31.1 Å². The molecule has 1 amide bonds. The Kier molecular flexibility index (Phi) is 4.43. The Balaban J connectivity index is 1.36. The van der Waals surface area contributed by atoms with Gasteiger partial charge >= 0.3 is 5.69 Å². The topological polar surface area (TPSA) is 74.2 Å². The molecule has 0 saturated carbocycles.